The molecule has 0 aliphatic carbocycles. The van der Waals surface area contributed by atoms with E-state index in [1.807, 2.05) is 0 Å². The van der Waals surface area contributed by atoms with Crippen LogP contribution in [0.5, 0.6) is 0 Å². The lowest BCUT2D eigenvalue weighted by atomic mass is 10.3. The van der Waals surface area contributed by atoms with Crippen molar-refractivity contribution in [1.29, 1.82) is 0 Å². The van der Waals surface area contributed by atoms with E-state index in [0.29, 0.717) is 5.02 Å². The van der Waals surface area contributed by atoms with Crippen LogP contribution in [0, 0.1) is 0 Å². The lowest BCUT2D eigenvalue weighted by Crippen LogP contribution is -2.19. The maximum Gasteiger partial charge on any atom is 0.412 e. The quantitative estimate of drug-likeness (QED) is 0.812. The molecule has 0 saturated carbocycles. The zero-order chi connectivity index (χ0) is 17.7. The van der Waals surface area contributed by atoms with E-state index in [4.69, 9.17) is 39.5 Å². The number of anilines is 2. The second kappa shape index (κ2) is 8.18. The van der Waals surface area contributed by atoms with E-state index in [9.17, 15) is 9.59 Å². The van der Waals surface area contributed by atoms with Gasteiger partial charge in [0.2, 0.25) is 5.91 Å². The minimum Gasteiger partial charge on any atom is -0.450 e. The van der Waals surface area contributed by atoms with E-state index in [-0.39, 0.29) is 34.7 Å². The Bertz CT molecular complexity index is 742. The first-order valence-corrected chi connectivity index (χ1v) is 7.80. The summed E-state index contributed by atoms with van der Waals surface area (Å²) in [5.41, 5.74) is 0.248. The van der Waals surface area contributed by atoms with Gasteiger partial charge in [-0.1, -0.05) is 40.0 Å². The van der Waals surface area contributed by atoms with Crippen LogP contribution in [0.2, 0.25) is 15.1 Å². The van der Waals surface area contributed by atoms with Crippen molar-refractivity contribution in [3.63, 3.8) is 0 Å². The molecule has 2 N–H and O–H groups in total. The molecule has 8 nitrogen and oxygen atoms in total. The Kier molecular flexibility index (Phi) is 6.24. The van der Waals surface area contributed by atoms with E-state index in [1.165, 1.54) is 23.0 Å². The van der Waals surface area contributed by atoms with Crippen molar-refractivity contribution in [2.45, 2.75) is 13.5 Å². The SMILES string of the molecule is CCOC(=O)Nc1cn(CC(=O)Nc2c(Cl)cc(Cl)cc2Cl)nn1. The average Bonchev–Trinajstić information content (AvgIpc) is 2.90. The fraction of sp³-hybridized carbons (Fsp3) is 0.231. The second-order valence-electron chi connectivity index (χ2n) is 4.44. The summed E-state index contributed by atoms with van der Waals surface area (Å²) in [4.78, 5) is 23.3. The number of benzene rings is 1. The van der Waals surface area contributed by atoms with Gasteiger partial charge in [-0.05, 0) is 19.1 Å². The largest absolute Gasteiger partial charge is 0.450 e. The molecule has 0 radical (unpaired) electrons. The molecule has 2 amide bonds. The summed E-state index contributed by atoms with van der Waals surface area (Å²) in [6.07, 6.45) is 0.718. The lowest BCUT2D eigenvalue weighted by molar-refractivity contribution is -0.116. The minimum absolute atomic E-state index is 0.156. The highest BCUT2D eigenvalue weighted by atomic mass is 35.5. The van der Waals surface area contributed by atoms with E-state index in [0.717, 1.165) is 0 Å². The summed E-state index contributed by atoms with van der Waals surface area (Å²) < 4.78 is 5.94. The van der Waals surface area contributed by atoms with Gasteiger partial charge in [-0.2, -0.15) is 0 Å². The molecular formula is C13H12Cl3N5O3. The van der Waals surface area contributed by atoms with Crippen molar-refractivity contribution < 1.29 is 14.3 Å². The number of carbonyl (C=O) groups excluding carboxylic acids is 2. The van der Waals surface area contributed by atoms with Gasteiger partial charge in [0.05, 0.1) is 28.5 Å². The van der Waals surface area contributed by atoms with Crippen LogP contribution in [0.4, 0.5) is 16.3 Å². The lowest BCUT2D eigenvalue weighted by Gasteiger charge is -2.09. The maximum absolute atomic E-state index is 12.0. The number of ether oxygens (including phenoxy) is 1. The van der Waals surface area contributed by atoms with Crippen LogP contribution in [0.3, 0.4) is 0 Å². The van der Waals surface area contributed by atoms with E-state index >= 15 is 0 Å². The van der Waals surface area contributed by atoms with Gasteiger partial charge >= 0.3 is 6.09 Å². The molecule has 128 valence electrons. The smallest absolute Gasteiger partial charge is 0.412 e. The molecule has 0 aliphatic heterocycles. The molecule has 0 bridgehead atoms. The van der Waals surface area contributed by atoms with Gasteiger partial charge in [-0.3, -0.25) is 10.1 Å². The predicted molar refractivity (Wildman–Crippen MR) is 90.8 cm³/mol. The summed E-state index contributed by atoms with van der Waals surface area (Å²) in [6.45, 7) is 1.74. The van der Waals surface area contributed by atoms with Crippen molar-refractivity contribution in [3.05, 3.63) is 33.4 Å². The number of halogens is 3. The number of hydrogen-bond acceptors (Lipinski definition) is 5. The molecule has 2 rings (SSSR count). The molecule has 1 aromatic heterocycles. The van der Waals surface area contributed by atoms with Crippen molar-refractivity contribution in [2.24, 2.45) is 0 Å². The van der Waals surface area contributed by atoms with Crippen LogP contribution >= 0.6 is 34.8 Å². The Morgan fingerprint density at radius 3 is 2.50 bits per heavy atom. The third-order valence-corrected chi connectivity index (χ3v) is 3.44. The number of hydrogen-bond donors (Lipinski definition) is 2. The molecular weight excluding hydrogens is 381 g/mol. The number of aromatic nitrogens is 3. The van der Waals surface area contributed by atoms with Gasteiger partial charge in [0, 0.05) is 5.02 Å². The van der Waals surface area contributed by atoms with Crippen molar-refractivity contribution >= 4 is 58.3 Å². The molecule has 0 saturated heterocycles. The first-order valence-electron chi connectivity index (χ1n) is 6.67. The summed E-state index contributed by atoms with van der Waals surface area (Å²) >= 11 is 17.8. The number of nitrogens with zero attached hydrogens (tertiary/aromatic N) is 3. The molecule has 1 aromatic carbocycles. The Morgan fingerprint density at radius 2 is 1.88 bits per heavy atom. The Labute approximate surface area is 152 Å². The number of amides is 2. The van der Waals surface area contributed by atoms with Gasteiger partial charge in [0.1, 0.15) is 6.54 Å². The molecule has 0 fully saturated rings. The summed E-state index contributed by atoms with van der Waals surface area (Å²) in [6, 6.07) is 2.92. The van der Waals surface area contributed by atoms with Gasteiger partial charge in [0.25, 0.3) is 0 Å². The highest BCUT2D eigenvalue weighted by Gasteiger charge is 2.13. The fourth-order valence-electron chi connectivity index (χ4n) is 1.69. The number of rotatable bonds is 5. The van der Waals surface area contributed by atoms with Crippen LogP contribution in [-0.4, -0.2) is 33.6 Å². The highest BCUT2D eigenvalue weighted by molar-refractivity contribution is 6.42. The summed E-state index contributed by atoms with van der Waals surface area (Å²) in [7, 11) is 0. The number of nitrogens with one attached hydrogen (secondary N) is 2. The maximum atomic E-state index is 12.0. The average molecular weight is 393 g/mol. The topological polar surface area (TPSA) is 98.1 Å². The van der Waals surface area contributed by atoms with Crippen molar-refractivity contribution in [1.82, 2.24) is 15.0 Å². The van der Waals surface area contributed by atoms with Crippen LogP contribution in [0.25, 0.3) is 0 Å². The summed E-state index contributed by atoms with van der Waals surface area (Å²) in [5, 5.41) is 13.1. The molecule has 24 heavy (non-hydrogen) atoms. The molecule has 1 heterocycles. The third kappa shape index (κ3) is 4.98. The zero-order valence-corrected chi connectivity index (χ0v) is 14.6. The van der Waals surface area contributed by atoms with Crippen LogP contribution in [0.1, 0.15) is 6.92 Å². The Morgan fingerprint density at radius 1 is 1.21 bits per heavy atom. The zero-order valence-electron chi connectivity index (χ0n) is 12.3. The first-order chi connectivity index (χ1) is 11.4. The molecule has 2 aromatic rings. The van der Waals surface area contributed by atoms with Gasteiger partial charge in [0.15, 0.2) is 5.82 Å². The van der Waals surface area contributed by atoms with Crippen molar-refractivity contribution in [3.8, 4) is 0 Å². The monoisotopic (exact) mass is 391 g/mol. The van der Waals surface area contributed by atoms with E-state index < -0.39 is 12.0 Å². The van der Waals surface area contributed by atoms with Gasteiger partial charge in [-0.15, -0.1) is 5.10 Å². The molecule has 0 aliphatic rings. The standard InChI is InChI=1S/C13H12Cl3N5O3/c1-2-24-13(23)17-10-5-21(20-19-10)6-11(22)18-12-8(15)3-7(14)4-9(12)16/h3-5H,2,6H2,1H3,(H,17,23)(H,18,22). The number of carbonyl (C=O) groups is 2. The minimum atomic E-state index is -0.659. The molecule has 0 atom stereocenters. The van der Waals surface area contributed by atoms with Gasteiger partial charge in [-0.25, -0.2) is 9.48 Å². The normalized spacial score (nSPS) is 10.3. The second-order valence-corrected chi connectivity index (χ2v) is 5.69. The van der Waals surface area contributed by atoms with Crippen LogP contribution < -0.4 is 10.6 Å². The van der Waals surface area contributed by atoms with Crippen LogP contribution in [0.15, 0.2) is 18.3 Å². The van der Waals surface area contributed by atoms with Crippen molar-refractivity contribution in [2.75, 3.05) is 17.2 Å². The summed E-state index contributed by atoms with van der Waals surface area (Å²) in [5.74, 6) is -0.280. The van der Waals surface area contributed by atoms with Gasteiger partial charge < -0.3 is 10.1 Å². The predicted octanol–water partition coefficient (Wildman–Crippen LogP) is 3.45. The first kappa shape index (κ1) is 18.3. The molecule has 11 heteroatoms. The van der Waals surface area contributed by atoms with Crippen LogP contribution in [-0.2, 0) is 16.1 Å². The Hall–Kier alpha value is -2.03. The molecule has 0 spiro atoms. The Balaban J connectivity index is 1.98. The highest BCUT2D eigenvalue weighted by Crippen LogP contribution is 2.33. The van der Waals surface area contributed by atoms with E-state index in [2.05, 4.69) is 20.9 Å². The fourth-order valence-corrected chi connectivity index (χ4v) is 2.60. The molecule has 0 unspecified atom stereocenters. The third-order valence-electron chi connectivity index (χ3n) is 2.62. The van der Waals surface area contributed by atoms with E-state index in [1.54, 1.807) is 6.92 Å².